The van der Waals surface area contributed by atoms with Gasteiger partial charge in [-0.3, -0.25) is 13.8 Å². The Balaban J connectivity index is 2.30. The molecule has 1 aliphatic rings. The number of nitrogens with zero attached hydrogens (tertiary/aromatic N) is 1. The molecule has 0 aromatic carbocycles. The molecule has 0 amide bonds. The second kappa shape index (κ2) is 35.1. The number of rotatable bonds is 39. The third-order valence-corrected chi connectivity index (χ3v) is 10.5. The summed E-state index contributed by atoms with van der Waals surface area (Å²) in [4.78, 5) is 23.0. The minimum Gasteiger partial charge on any atom is -0.457 e. The lowest BCUT2D eigenvalue weighted by Crippen LogP contribution is -2.37. The fraction of sp³-hybridized carbons (Fsp3) is 0.761. The molecule has 10 heteroatoms. The van der Waals surface area contributed by atoms with Crippen LogP contribution in [0.5, 0.6) is 0 Å². The van der Waals surface area contributed by atoms with E-state index >= 15 is 0 Å². The molecule has 0 aliphatic carbocycles. The first kappa shape index (κ1) is 52.2. The molecule has 1 aliphatic heterocycles. The van der Waals surface area contributed by atoms with Crippen LogP contribution in [0, 0.1) is 0 Å². The maximum absolute atomic E-state index is 12.8. The summed E-state index contributed by atoms with van der Waals surface area (Å²) in [7, 11) is 1.60. The third-order valence-electron chi connectivity index (χ3n) is 9.56. The molecule has 1 rings (SSSR count). The molecule has 1 N–H and O–H groups in total. The monoisotopic (exact) mass is 809 g/mol. The first-order valence-electron chi connectivity index (χ1n) is 22.2. The lowest BCUT2D eigenvalue weighted by atomic mass is 10.0. The molecule has 0 saturated carbocycles. The van der Waals surface area contributed by atoms with Crippen LogP contribution in [0.3, 0.4) is 0 Å². The Morgan fingerprint density at radius 3 is 1.88 bits per heavy atom. The second-order valence-electron chi connectivity index (χ2n) is 16.2. The van der Waals surface area contributed by atoms with Gasteiger partial charge in [0, 0.05) is 13.0 Å². The van der Waals surface area contributed by atoms with Crippen LogP contribution in [-0.4, -0.2) is 87.8 Å². The van der Waals surface area contributed by atoms with Crippen LogP contribution in [0.25, 0.3) is 0 Å². The average molecular weight is 809 g/mol. The van der Waals surface area contributed by atoms with Gasteiger partial charge in [0.05, 0.1) is 40.5 Å². The minimum absolute atomic E-state index is 0.0635. The Morgan fingerprint density at radius 1 is 0.696 bits per heavy atom. The van der Waals surface area contributed by atoms with E-state index in [1.807, 2.05) is 51.5 Å². The van der Waals surface area contributed by atoms with Crippen molar-refractivity contribution < 1.29 is 42.0 Å². The second-order valence-corrected chi connectivity index (χ2v) is 17.6. The fourth-order valence-corrected chi connectivity index (χ4v) is 6.79. The maximum atomic E-state index is 12.8. The number of hydrogen-bond donors (Lipinski definition) is 1. The largest absolute Gasteiger partial charge is 0.472 e. The summed E-state index contributed by atoms with van der Waals surface area (Å²) in [5.41, 5.74) is 0. The number of hydrogen-bond acceptors (Lipinski definition) is 7. The molecule has 4 atom stereocenters. The van der Waals surface area contributed by atoms with Crippen molar-refractivity contribution in [2.24, 2.45) is 0 Å². The normalized spacial score (nSPS) is 18.0. The Labute approximate surface area is 343 Å². The predicted octanol–water partition coefficient (Wildman–Crippen LogP) is 11.9. The molecule has 324 valence electrons. The molecule has 0 aromatic heterocycles. The fourth-order valence-electron chi connectivity index (χ4n) is 6.05. The maximum Gasteiger partial charge on any atom is 0.472 e. The van der Waals surface area contributed by atoms with Gasteiger partial charge in [-0.15, -0.1) is 0 Å². The number of epoxide rings is 1. The first-order chi connectivity index (χ1) is 27.1. The van der Waals surface area contributed by atoms with Crippen molar-refractivity contribution in [3.63, 3.8) is 0 Å². The van der Waals surface area contributed by atoms with Crippen LogP contribution in [0.4, 0.5) is 0 Å². The Hall–Kier alpha value is -1.84. The standard InChI is InChI=1S/C46H82NO8P/c1-6-8-10-12-14-16-18-20-21-22-23-25-27-29-31-33-39-51-41-43(42-53-56(49,50)52-40-38-47(3,4)5)54-46(48)37-34-36-45-44(55-45)35-32-30-28-26-24-19-17-15-13-11-9-7-2/h9,11,15,17,24,26,28,30,32,35,43-45H,6-8,10,12-14,16,18-23,25,27,29,31,33-34,36-42H2,1-5H3/p+1/b11-9-,17-15-,26-24-,30-28+,35-32+. The quantitative estimate of drug-likeness (QED) is 0.0125. The molecular formula is C46H83NO8P+. The number of ether oxygens (including phenoxy) is 3. The topological polar surface area (TPSA) is 104 Å². The smallest absolute Gasteiger partial charge is 0.457 e. The number of unbranched alkanes of at least 4 members (excludes halogenated alkanes) is 15. The average Bonchev–Trinajstić information content (AvgIpc) is 3.90. The number of esters is 1. The summed E-state index contributed by atoms with van der Waals surface area (Å²) < 4.78 is 40.7. The van der Waals surface area contributed by atoms with Crippen molar-refractivity contribution in [3.8, 4) is 0 Å². The van der Waals surface area contributed by atoms with Crippen molar-refractivity contribution >= 4 is 13.8 Å². The zero-order valence-electron chi connectivity index (χ0n) is 36.3. The van der Waals surface area contributed by atoms with Gasteiger partial charge < -0.3 is 23.6 Å². The Bertz CT molecular complexity index is 1140. The Kier molecular flexibility index (Phi) is 32.7. The molecule has 1 fully saturated rings. The van der Waals surface area contributed by atoms with Gasteiger partial charge in [-0.1, -0.05) is 171 Å². The van der Waals surface area contributed by atoms with Gasteiger partial charge in [0.2, 0.25) is 0 Å². The summed E-state index contributed by atoms with van der Waals surface area (Å²) in [6, 6.07) is 0. The first-order valence-corrected chi connectivity index (χ1v) is 23.7. The summed E-state index contributed by atoms with van der Waals surface area (Å²) in [5.74, 6) is -0.391. The minimum atomic E-state index is -4.31. The summed E-state index contributed by atoms with van der Waals surface area (Å²) in [6.07, 6.45) is 45.7. The summed E-state index contributed by atoms with van der Waals surface area (Å²) >= 11 is 0. The molecule has 0 spiro atoms. The van der Waals surface area contributed by atoms with Crippen LogP contribution < -0.4 is 0 Å². The zero-order chi connectivity index (χ0) is 41.0. The molecule has 9 nitrogen and oxygen atoms in total. The van der Waals surface area contributed by atoms with Crippen LogP contribution in [0.1, 0.15) is 155 Å². The van der Waals surface area contributed by atoms with E-state index < -0.39 is 19.9 Å². The van der Waals surface area contributed by atoms with Crippen LogP contribution in [0.2, 0.25) is 0 Å². The summed E-state index contributed by atoms with van der Waals surface area (Å²) in [5, 5.41) is 0. The van der Waals surface area contributed by atoms with Gasteiger partial charge in [-0.25, -0.2) is 4.57 Å². The van der Waals surface area contributed by atoms with E-state index in [9.17, 15) is 14.3 Å². The van der Waals surface area contributed by atoms with Crippen molar-refractivity contribution in [3.05, 3.63) is 60.8 Å². The number of carbonyl (C=O) groups excluding carboxylic acids is 1. The number of likely N-dealkylation sites (N-methyl/N-ethyl adjacent to an activating group) is 1. The molecule has 1 saturated heterocycles. The molecule has 1 heterocycles. The van der Waals surface area contributed by atoms with Crippen molar-refractivity contribution in [1.29, 1.82) is 0 Å². The van der Waals surface area contributed by atoms with Gasteiger partial charge in [-0.05, 0) is 38.5 Å². The molecule has 0 aromatic rings. The van der Waals surface area contributed by atoms with E-state index in [1.165, 1.54) is 89.9 Å². The molecule has 4 unspecified atom stereocenters. The highest BCUT2D eigenvalue weighted by Gasteiger charge is 2.35. The lowest BCUT2D eigenvalue weighted by Gasteiger charge is -2.24. The van der Waals surface area contributed by atoms with E-state index in [2.05, 4.69) is 44.2 Å². The van der Waals surface area contributed by atoms with Crippen molar-refractivity contribution in [2.75, 3.05) is 54.1 Å². The third kappa shape index (κ3) is 35.3. The van der Waals surface area contributed by atoms with Gasteiger partial charge in [0.1, 0.15) is 25.4 Å². The van der Waals surface area contributed by atoms with Gasteiger partial charge in [-0.2, -0.15) is 0 Å². The van der Waals surface area contributed by atoms with E-state index in [0.717, 1.165) is 38.5 Å². The van der Waals surface area contributed by atoms with E-state index in [1.54, 1.807) is 0 Å². The van der Waals surface area contributed by atoms with E-state index in [-0.39, 0.29) is 38.4 Å². The van der Waals surface area contributed by atoms with Crippen molar-refractivity contribution in [2.45, 2.75) is 173 Å². The molecule has 0 radical (unpaired) electrons. The SMILES string of the molecule is CC/C=C\C/C=C\C\C=C/C=C/C=C/C1OC1CCCC(=O)OC(COCCCCCCCCCCCCCCCCCC)COP(=O)(O)OCC[N+](C)(C)C. The molecule has 0 bridgehead atoms. The number of phosphoric ester groups is 1. The van der Waals surface area contributed by atoms with Crippen molar-refractivity contribution in [1.82, 2.24) is 0 Å². The Morgan fingerprint density at radius 2 is 1.27 bits per heavy atom. The van der Waals surface area contributed by atoms with E-state index in [4.69, 9.17) is 23.3 Å². The van der Waals surface area contributed by atoms with Crippen LogP contribution in [-0.2, 0) is 32.6 Å². The lowest BCUT2D eigenvalue weighted by molar-refractivity contribution is -0.870. The molecular weight excluding hydrogens is 725 g/mol. The van der Waals surface area contributed by atoms with Crippen LogP contribution >= 0.6 is 7.82 Å². The highest BCUT2D eigenvalue weighted by atomic mass is 31.2. The van der Waals surface area contributed by atoms with Gasteiger partial charge in [0.25, 0.3) is 0 Å². The number of carbonyl (C=O) groups is 1. The zero-order valence-corrected chi connectivity index (χ0v) is 37.2. The van der Waals surface area contributed by atoms with E-state index in [0.29, 0.717) is 24.1 Å². The summed E-state index contributed by atoms with van der Waals surface area (Å²) in [6.45, 7) is 5.37. The van der Waals surface area contributed by atoms with Gasteiger partial charge in [0.15, 0.2) is 0 Å². The van der Waals surface area contributed by atoms with Crippen LogP contribution in [0.15, 0.2) is 60.8 Å². The van der Waals surface area contributed by atoms with Gasteiger partial charge >= 0.3 is 13.8 Å². The predicted molar refractivity (Wildman–Crippen MR) is 233 cm³/mol. The number of quaternary nitrogens is 1. The number of phosphoric acid groups is 1. The number of allylic oxidation sites excluding steroid dienone is 9. The highest BCUT2D eigenvalue weighted by molar-refractivity contribution is 7.47. The highest BCUT2D eigenvalue weighted by Crippen LogP contribution is 2.43. The molecule has 56 heavy (non-hydrogen) atoms.